The molecule has 0 spiro atoms. The van der Waals surface area contributed by atoms with Crippen LogP contribution in [0, 0.1) is 12.8 Å². The summed E-state index contributed by atoms with van der Waals surface area (Å²) in [7, 11) is 0. The average Bonchev–Trinajstić information content (AvgIpc) is 2.14. The Kier molecular flexibility index (Phi) is 4.15. The van der Waals surface area contributed by atoms with E-state index < -0.39 is 0 Å². The molecule has 0 heterocycles. The highest BCUT2D eigenvalue weighted by Gasteiger charge is 2.12. The van der Waals surface area contributed by atoms with Gasteiger partial charge >= 0.3 is 0 Å². The van der Waals surface area contributed by atoms with E-state index in [0.717, 1.165) is 12.8 Å². The summed E-state index contributed by atoms with van der Waals surface area (Å²) < 4.78 is 0. The summed E-state index contributed by atoms with van der Waals surface area (Å²) in [5.74, 6) is 0.386. The molecule has 1 nitrogen and oxygen atoms in total. The van der Waals surface area contributed by atoms with Gasteiger partial charge in [0.25, 0.3) is 0 Å². The molecule has 0 saturated heterocycles. The molecule has 0 aliphatic carbocycles. The van der Waals surface area contributed by atoms with Crippen LogP contribution < -0.4 is 0 Å². The average molecular weight is 192 g/mol. The van der Waals surface area contributed by atoms with Gasteiger partial charge in [0.1, 0.15) is 0 Å². The van der Waals surface area contributed by atoms with E-state index in [1.165, 1.54) is 11.1 Å². The van der Waals surface area contributed by atoms with Crippen LogP contribution in [0.25, 0.3) is 0 Å². The number of benzene rings is 1. The quantitative estimate of drug-likeness (QED) is 0.777. The fraction of sp³-hybridized carbons (Fsp3) is 0.538. The molecule has 2 atom stereocenters. The predicted octanol–water partition coefficient (Wildman–Crippen LogP) is 2.94. The lowest BCUT2D eigenvalue weighted by Gasteiger charge is -2.18. The normalized spacial score (nSPS) is 15.1. The van der Waals surface area contributed by atoms with Crippen molar-refractivity contribution in [3.63, 3.8) is 0 Å². The van der Waals surface area contributed by atoms with Crippen molar-refractivity contribution in [3.8, 4) is 0 Å². The van der Waals surface area contributed by atoms with Crippen molar-refractivity contribution in [2.45, 2.75) is 39.7 Å². The SMILES string of the molecule is CCC(Cc1cccc(C)c1)C(C)O. The van der Waals surface area contributed by atoms with Crippen LogP contribution in [-0.2, 0) is 6.42 Å². The standard InChI is InChI=1S/C13H20O/c1-4-13(11(3)14)9-12-7-5-6-10(2)8-12/h5-8,11,13-14H,4,9H2,1-3H3. The molecule has 1 rings (SSSR count). The van der Waals surface area contributed by atoms with Crippen LogP contribution in [0.15, 0.2) is 24.3 Å². The van der Waals surface area contributed by atoms with E-state index >= 15 is 0 Å². The molecular formula is C13H20O. The van der Waals surface area contributed by atoms with Crippen LogP contribution in [0.2, 0.25) is 0 Å². The van der Waals surface area contributed by atoms with Gasteiger partial charge in [-0.25, -0.2) is 0 Å². The number of rotatable bonds is 4. The first-order valence-electron chi connectivity index (χ1n) is 5.37. The number of aliphatic hydroxyl groups is 1. The molecular weight excluding hydrogens is 172 g/mol. The Morgan fingerprint density at radius 2 is 2.07 bits per heavy atom. The second-order valence-electron chi connectivity index (χ2n) is 4.10. The monoisotopic (exact) mass is 192 g/mol. The van der Waals surface area contributed by atoms with E-state index in [1.54, 1.807) is 0 Å². The third-order valence-electron chi connectivity index (χ3n) is 2.79. The van der Waals surface area contributed by atoms with Crippen LogP contribution in [0.4, 0.5) is 0 Å². The Labute approximate surface area is 86.8 Å². The van der Waals surface area contributed by atoms with Crippen LogP contribution in [0.1, 0.15) is 31.4 Å². The molecule has 0 radical (unpaired) electrons. The third kappa shape index (κ3) is 3.15. The molecule has 0 aliphatic rings. The first kappa shape index (κ1) is 11.3. The van der Waals surface area contributed by atoms with E-state index in [4.69, 9.17) is 0 Å². The second-order valence-corrected chi connectivity index (χ2v) is 4.10. The molecule has 0 bridgehead atoms. The van der Waals surface area contributed by atoms with Crippen molar-refractivity contribution >= 4 is 0 Å². The van der Waals surface area contributed by atoms with Crippen molar-refractivity contribution in [2.24, 2.45) is 5.92 Å². The molecule has 2 unspecified atom stereocenters. The molecule has 14 heavy (non-hydrogen) atoms. The fourth-order valence-corrected chi connectivity index (χ4v) is 1.80. The van der Waals surface area contributed by atoms with Crippen molar-refractivity contribution in [2.75, 3.05) is 0 Å². The van der Waals surface area contributed by atoms with Crippen molar-refractivity contribution < 1.29 is 5.11 Å². The lowest BCUT2D eigenvalue weighted by molar-refractivity contribution is 0.123. The van der Waals surface area contributed by atoms with Gasteiger partial charge in [0, 0.05) is 0 Å². The molecule has 1 N–H and O–H groups in total. The molecule has 0 aliphatic heterocycles. The van der Waals surface area contributed by atoms with Gasteiger partial charge in [-0.15, -0.1) is 0 Å². The van der Waals surface area contributed by atoms with E-state index in [0.29, 0.717) is 5.92 Å². The zero-order valence-corrected chi connectivity index (χ0v) is 9.33. The Morgan fingerprint density at radius 3 is 2.57 bits per heavy atom. The van der Waals surface area contributed by atoms with Crippen molar-refractivity contribution in [1.82, 2.24) is 0 Å². The summed E-state index contributed by atoms with van der Waals surface area (Å²) in [6, 6.07) is 8.52. The first-order chi connectivity index (χ1) is 6.63. The smallest absolute Gasteiger partial charge is 0.0543 e. The van der Waals surface area contributed by atoms with Crippen LogP contribution >= 0.6 is 0 Å². The highest BCUT2D eigenvalue weighted by molar-refractivity contribution is 5.22. The minimum absolute atomic E-state index is 0.208. The summed E-state index contributed by atoms with van der Waals surface area (Å²) in [5, 5.41) is 9.54. The number of hydrogen-bond donors (Lipinski definition) is 1. The van der Waals surface area contributed by atoms with Crippen molar-refractivity contribution in [1.29, 1.82) is 0 Å². The number of aryl methyl sites for hydroxylation is 1. The van der Waals surface area contributed by atoms with E-state index in [2.05, 4.69) is 38.1 Å². The van der Waals surface area contributed by atoms with Gasteiger partial charge in [0.2, 0.25) is 0 Å². The van der Waals surface area contributed by atoms with Gasteiger partial charge in [-0.3, -0.25) is 0 Å². The zero-order valence-electron chi connectivity index (χ0n) is 9.33. The fourth-order valence-electron chi connectivity index (χ4n) is 1.80. The molecule has 0 amide bonds. The van der Waals surface area contributed by atoms with E-state index in [-0.39, 0.29) is 6.10 Å². The summed E-state index contributed by atoms with van der Waals surface area (Å²) in [4.78, 5) is 0. The highest BCUT2D eigenvalue weighted by atomic mass is 16.3. The van der Waals surface area contributed by atoms with Crippen LogP contribution in [0.3, 0.4) is 0 Å². The zero-order chi connectivity index (χ0) is 10.6. The van der Waals surface area contributed by atoms with Crippen LogP contribution in [-0.4, -0.2) is 11.2 Å². The van der Waals surface area contributed by atoms with Crippen LogP contribution in [0.5, 0.6) is 0 Å². The van der Waals surface area contributed by atoms with Gasteiger partial charge in [-0.1, -0.05) is 43.2 Å². The molecule has 78 valence electrons. The molecule has 1 aromatic carbocycles. The summed E-state index contributed by atoms with van der Waals surface area (Å²) in [6.45, 7) is 6.12. The molecule has 1 aromatic rings. The second kappa shape index (κ2) is 5.16. The summed E-state index contributed by atoms with van der Waals surface area (Å²) >= 11 is 0. The number of aliphatic hydroxyl groups excluding tert-OH is 1. The molecule has 0 aromatic heterocycles. The van der Waals surface area contributed by atoms with Gasteiger partial charge < -0.3 is 5.11 Å². The lowest BCUT2D eigenvalue weighted by Crippen LogP contribution is -2.18. The third-order valence-corrected chi connectivity index (χ3v) is 2.79. The highest BCUT2D eigenvalue weighted by Crippen LogP contribution is 2.16. The Bertz CT molecular complexity index is 278. The van der Waals surface area contributed by atoms with Gasteiger partial charge in [-0.2, -0.15) is 0 Å². The number of hydrogen-bond acceptors (Lipinski definition) is 1. The largest absolute Gasteiger partial charge is 0.393 e. The Balaban J connectivity index is 2.67. The maximum absolute atomic E-state index is 9.54. The van der Waals surface area contributed by atoms with E-state index in [1.807, 2.05) is 6.92 Å². The summed E-state index contributed by atoms with van der Waals surface area (Å²) in [5.41, 5.74) is 2.63. The molecule has 1 heteroatoms. The van der Waals surface area contributed by atoms with Gasteiger partial charge in [0.05, 0.1) is 6.10 Å². The molecule has 0 saturated carbocycles. The topological polar surface area (TPSA) is 20.2 Å². The first-order valence-corrected chi connectivity index (χ1v) is 5.37. The maximum Gasteiger partial charge on any atom is 0.0543 e. The van der Waals surface area contributed by atoms with Gasteiger partial charge in [0.15, 0.2) is 0 Å². The predicted molar refractivity (Wildman–Crippen MR) is 60.3 cm³/mol. The summed E-state index contributed by atoms with van der Waals surface area (Å²) in [6.07, 6.45) is 1.81. The Morgan fingerprint density at radius 1 is 1.36 bits per heavy atom. The van der Waals surface area contributed by atoms with Crippen molar-refractivity contribution in [3.05, 3.63) is 35.4 Å². The van der Waals surface area contributed by atoms with Gasteiger partial charge in [-0.05, 0) is 31.7 Å². The molecule has 0 fully saturated rings. The maximum atomic E-state index is 9.54. The van der Waals surface area contributed by atoms with E-state index in [9.17, 15) is 5.11 Å². The minimum Gasteiger partial charge on any atom is -0.393 e. The minimum atomic E-state index is -0.208. The lowest BCUT2D eigenvalue weighted by atomic mass is 9.92. The Hall–Kier alpha value is -0.820.